The van der Waals surface area contributed by atoms with Crippen LogP contribution < -0.4 is 5.32 Å². The maximum atomic E-state index is 13.1. The number of benzene rings is 1. The lowest BCUT2D eigenvalue weighted by Crippen LogP contribution is -2.20. The fourth-order valence-electron chi connectivity index (χ4n) is 1.11. The van der Waals surface area contributed by atoms with E-state index in [4.69, 9.17) is 5.26 Å². The summed E-state index contributed by atoms with van der Waals surface area (Å²) in [7, 11) is 0. The number of halogens is 1. The molecule has 1 N–H and O–H groups in total. The molecule has 0 bridgehead atoms. The van der Waals surface area contributed by atoms with Gasteiger partial charge in [0, 0.05) is 18.7 Å². The average Bonchev–Trinajstić information content (AvgIpc) is 2.20. The quantitative estimate of drug-likeness (QED) is 0.792. The highest BCUT2D eigenvalue weighted by molar-refractivity contribution is 5.16. The van der Waals surface area contributed by atoms with E-state index in [0.717, 1.165) is 0 Å². The number of nitrogens with one attached hydrogen (secondary N) is 1. The molecular formula is C11H13FN2. The van der Waals surface area contributed by atoms with Gasteiger partial charge in [-0.15, -0.1) is 0 Å². The second-order valence-electron chi connectivity index (χ2n) is 3.25. The van der Waals surface area contributed by atoms with E-state index in [2.05, 4.69) is 11.4 Å². The molecule has 0 radical (unpaired) electrons. The third-order valence-corrected chi connectivity index (χ3v) is 1.94. The monoisotopic (exact) mass is 192 g/mol. The van der Waals surface area contributed by atoms with Crippen molar-refractivity contribution in [3.05, 3.63) is 35.6 Å². The molecule has 0 amide bonds. The summed E-state index contributed by atoms with van der Waals surface area (Å²) < 4.78 is 13.1. The number of hydrogen-bond donors (Lipinski definition) is 1. The molecule has 3 heteroatoms. The lowest BCUT2D eigenvalue weighted by molar-refractivity contribution is 0.564. The van der Waals surface area contributed by atoms with E-state index >= 15 is 0 Å². The minimum absolute atomic E-state index is 0.0400. The van der Waals surface area contributed by atoms with Gasteiger partial charge in [-0.05, 0) is 13.0 Å². The van der Waals surface area contributed by atoms with Crippen LogP contribution in [0.2, 0.25) is 0 Å². The minimum Gasteiger partial charge on any atom is -0.311 e. The molecule has 1 aromatic rings. The minimum atomic E-state index is -0.204. The van der Waals surface area contributed by atoms with Gasteiger partial charge < -0.3 is 5.32 Å². The summed E-state index contributed by atoms with van der Waals surface area (Å²) in [5.41, 5.74) is 0.637. The van der Waals surface area contributed by atoms with Gasteiger partial charge in [-0.25, -0.2) is 4.39 Å². The maximum absolute atomic E-state index is 13.1. The van der Waals surface area contributed by atoms with Crippen LogP contribution in [-0.4, -0.2) is 6.54 Å². The fourth-order valence-corrected chi connectivity index (χ4v) is 1.11. The van der Waals surface area contributed by atoms with E-state index in [1.54, 1.807) is 18.2 Å². The van der Waals surface area contributed by atoms with E-state index in [-0.39, 0.29) is 11.7 Å². The maximum Gasteiger partial charge on any atom is 0.127 e. The van der Waals surface area contributed by atoms with Gasteiger partial charge in [0.25, 0.3) is 0 Å². The van der Waals surface area contributed by atoms with Crippen molar-refractivity contribution in [3.63, 3.8) is 0 Å². The third-order valence-electron chi connectivity index (χ3n) is 1.94. The second-order valence-corrected chi connectivity index (χ2v) is 3.25. The predicted molar refractivity (Wildman–Crippen MR) is 52.9 cm³/mol. The van der Waals surface area contributed by atoms with Gasteiger partial charge in [0.2, 0.25) is 0 Å². The van der Waals surface area contributed by atoms with E-state index in [1.807, 2.05) is 6.92 Å². The van der Waals surface area contributed by atoms with Gasteiger partial charge in [0.05, 0.1) is 12.0 Å². The normalized spacial score (nSPS) is 12.1. The molecule has 74 valence electrons. The lowest BCUT2D eigenvalue weighted by Gasteiger charge is -2.06. The van der Waals surface area contributed by atoms with Crippen LogP contribution in [0.5, 0.6) is 0 Å². The van der Waals surface area contributed by atoms with Crippen molar-refractivity contribution in [1.82, 2.24) is 5.32 Å². The highest BCUT2D eigenvalue weighted by atomic mass is 19.1. The molecule has 14 heavy (non-hydrogen) atoms. The van der Waals surface area contributed by atoms with Crippen LogP contribution in [0.4, 0.5) is 4.39 Å². The van der Waals surface area contributed by atoms with Crippen LogP contribution in [0.25, 0.3) is 0 Å². The van der Waals surface area contributed by atoms with Crippen LogP contribution in [0.1, 0.15) is 12.5 Å². The van der Waals surface area contributed by atoms with Crippen molar-refractivity contribution in [2.75, 3.05) is 6.54 Å². The Morgan fingerprint density at radius 3 is 2.86 bits per heavy atom. The first-order chi connectivity index (χ1) is 6.74. The smallest absolute Gasteiger partial charge is 0.127 e. The van der Waals surface area contributed by atoms with Crippen LogP contribution in [-0.2, 0) is 6.54 Å². The van der Waals surface area contributed by atoms with Crippen LogP contribution >= 0.6 is 0 Å². The Kier molecular flexibility index (Phi) is 4.09. The van der Waals surface area contributed by atoms with Gasteiger partial charge in [-0.3, -0.25) is 0 Å². The van der Waals surface area contributed by atoms with E-state index < -0.39 is 0 Å². The van der Waals surface area contributed by atoms with Crippen LogP contribution in [0, 0.1) is 23.1 Å². The van der Waals surface area contributed by atoms with Gasteiger partial charge >= 0.3 is 0 Å². The molecule has 0 saturated heterocycles. The Morgan fingerprint density at radius 1 is 1.50 bits per heavy atom. The molecule has 1 atom stereocenters. The molecule has 0 aromatic heterocycles. The Balaban J connectivity index is 2.40. The van der Waals surface area contributed by atoms with Crippen molar-refractivity contribution >= 4 is 0 Å². The molecule has 2 nitrogen and oxygen atoms in total. The largest absolute Gasteiger partial charge is 0.311 e. The topological polar surface area (TPSA) is 35.8 Å². The summed E-state index contributed by atoms with van der Waals surface area (Å²) in [5, 5.41) is 11.6. The number of nitriles is 1. The molecule has 1 aromatic carbocycles. The van der Waals surface area contributed by atoms with Crippen molar-refractivity contribution < 1.29 is 4.39 Å². The average molecular weight is 192 g/mol. The number of nitrogens with zero attached hydrogens (tertiary/aromatic N) is 1. The van der Waals surface area contributed by atoms with Crippen molar-refractivity contribution in [2.45, 2.75) is 13.5 Å². The van der Waals surface area contributed by atoms with Gasteiger partial charge in [-0.1, -0.05) is 18.2 Å². The standard InChI is InChI=1S/C11H13FN2/c1-9(6-13)7-14-8-10-4-2-3-5-11(10)12/h2-5,9,14H,7-8H2,1H3. The SMILES string of the molecule is CC(C#N)CNCc1ccccc1F. The summed E-state index contributed by atoms with van der Waals surface area (Å²) in [6.07, 6.45) is 0. The Bertz CT molecular complexity index is 330. The summed E-state index contributed by atoms with van der Waals surface area (Å²) in [4.78, 5) is 0. The molecule has 0 spiro atoms. The lowest BCUT2D eigenvalue weighted by atomic mass is 10.2. The molecule has 1 rings (SSSR count). The molecule has 0 fully saturated rings. The molecule has 1 unspecified atom stereocenters. The summed E-state index contributed by atoms with van der Waals surface area (Å²) >= 11 is 0. The van der Waals surface area contributed by atoms with Crippen molar-refractivity contribution in [1.29, 1.82) is 5.26 Å². The summed E-state index contributed by atoms with van der Waals surface area (Å²) in [6.45, 7) is 2.89. The highest BCUT2D eigenvalue weighted by Crippen LogP contribution is 2.05. The van der Waals surface area contributed by atoms with Gasteiger partial charge in [0.15, 0.2) is 0 Å². The predicted octanol–water partition coefficient (Wildman–Crippen LogP) is 2.07. The Labute approximate surface area is 83.4 Å². The summed E-state index contributed by atoms with van der Waals surface area (Å²) in [6, 6.07) is 8.74. The number of rotatable bonds is 4. The molecule has 0 aliphatic heterocycles. The van der Waals surface area contributed by atoms with Crippen LogP contribution in [0.15, 0.2) is 24.3 Å². The third kappa shape index (κ3) is 3.15. The molecule has 0 heterocycles. The number of hydrogen-bond acceptors (Lipinski definition) is 2. The van der Waals surface area contributed by atoms with Crippen molar-refractivity contribution in [3.8, 4) is 6.07 Å². The molecule has 0 aliphatic rings. The zero-order chi connectivity index (χ0) is 10.4. The van der Waals surface area contributed by atoms with Crippen LogP contribution in [0.3, 0.4) is 0 Å². The zero-order valence-electron chi connectivity index (χ0n) is 8.13. The Hall–Kier alpha value is -1.40. The summed E-state index contributed by atoms with van der Waals surface area (Å²) in [5.74, 6) is -0.244. The second kappa shape index (κ2) is 5.36. The molecular weight excluding hydrogens is 179 g/mol. The molecule has 0 aliphatic carbocycles. The van der Waals surface area contributed by atoms with E-state index in [0.29, 0.717) is 18.7 Å². The van der Waals surface area contributed by atoms with E-state index in [9.17, 15) is 4.39 Å². The van der Waals surface area contributed by atoms with Gasteiger partial charge in [-0.2, -0.15) is 5.26 Å². The van der Waals surface area contributed by atoms with Gasteiger partial charge in [0.1, 0.15) is 5.82 Å². The highest BCUT2D eigenvalue weighted by Gasteiger charge is 2.01. The zero-order valence-corrected chi connectivity index (χ0v) is 8.13. The van der Waals surface area contributed by atoms with E-state index in [1.165, 1.54) is 6.07 Å². The first-order valence-corrected chi connectivity index (χ1v) is 4.57. The Morgan fingerprint density at radius 2 is 2.21 bits per heavy atom. The van der Waals surface area contributed by atoms with Crippen molar-refractivity contribution in [2.24, 2.45) is 5.92 Å². The first kappa shape index (κ1) is 10.7. The molecule has 0 saturated carbocycles. The first-order valence-electron chi connectivity index (χ1n) is 4.57. The fraction of sp³-hybridized carbons (Fsp3) is 0.364.